The molecule has 4 heterocycles. The zero-order valence-electron chi connectivity index (χ0n) is 34.9. The second-order valence-electron chi connectivity index (χ2n) is 17.0. The Bertz CT molecular complexity index is 3890. The molecule has 14 rings (SSSR count). The van der Waals surface area contributed by atoms with Crippen LogP contribution in [0.5, 0.6) is 0 Å². The molecule has 1 aliphatic heterocycles. The van der Waals surface area contributed by atoms with Gasteiger partial charge in [-0.05, 0) is 69.8 Å². The fourth-order valence-electron chi connectivity index (χ4n) is 10.8. The Balaban J connectivity index is 1.05. The van der Waals surface area contributed by atoms with Crippen molar-refractivity contribution in [2.45, 2.75) is 15.2 Å². The van der Waals surface area contributed by atoms with Crippen molar-refractivity contribution in [3.8, 4) is 56.3 Å². The van der Waals surface area contributed by atoms with E-state index in [9.17, 15) is 0 Å². The topological polar surface area (TPSA) is 51.8 Å². The number of rotatable bonds is 4. The molecule has 65 heavy (non-hydrogen) atoms. The van der Waals surface area contributed by atoms with Crippen LogP contribution in [0.2, 0.25) is 0 Å². The standard InChI is InChI=1S/C60H35N3OS/c1-3-16-36(17-4-1)57-44-32-33-48-56(41-21-7-9-24-45(41)60(48)46-25-10-13-28-53(46)65-54-29-14-11-26-47(54)60)55(44)42-31-30-38(34-50(42)61-57)49-35-51(63-59(62-49)37-18-5-2-6-19-37)43-23-15-22-40-39-20-8-12-27-52(39)64-58(40)43/h1-35H. The number of fused-ring (bicyclic) bond motifs is 16. The summed E-state index contributed by atoms with van der Waals surface area (Å²) in [6.07, 6.45) is 0. The van der Waals surface area contributed by atoms with Crippen LogP contribution < -0.4 is 0 Å². The molecule has 0 unspecified atom stereocenters. The summed E-state index contributed by atoms with van der Waals surface area (Å²) in [6, 6.07) is 76.0. The van der Waals surface area contributed by atoms with Crippen molar-refractivity contribution in [3.05, 3.63) is 235 Å². The van der Waals surface area contributed by atoms with Gasteiger partial charge in [0.05, 0.1) is 28.0 Å². The second-order valence-corrected chi connectivity index (χ2v) is 18.1. The Hall–Kier alpha value is -8.12. The van der Waals surface area contributed by atoms with E-state index in [4.69, 9.17) is 19.4 Å². The van der Waals surface area contributed by atoms with Crippen molar-refractivity contribution >= 4 is 55.4 Å². The van der Waals surface area contributed by atoms with Crippen LogP contribution >= 0.6 is 11.8 Å². The Morgan fingerprint density at radius 2 is 1.03 bits per heavy atom. The largest absolute Gasteiger partial charge is 0.455 e. The van der Waals surface area contributed by atoms with Crippen LogP contribution in [0.3, 0.4) is 0 Å². The van der Waals surface area contributed by atoms with Gasteiger partial charge in [-0.2, -0.15) is 0 Å². The summed E-state index contributed by atoms with van der Waals surface area (Å²) in [4.78, 5) is 18.7. The van der Waals surface area contributed by atoms with Crippen LogP contribution in [0.15, 0.2) is 227 Å². The second kappa shape index (κ2) is 13.9. The number of benzene rings is 9. The summed E-state index contributed by atoms with van der Waals surface area (Å²) >= 11 is 1.87. The lowest BCUT2D eigenvalue weighted by Gasteiger charge is -2.39. The molecule has 302 valence electrons. The van der Waals surface area contributed by atoms with Gasteiger partial charge in [0.1, 0.15) is 11.2 Å². The average Bonchev–Trinajstić information content (AvgIpc) is 3.90. The van der Waals surface area contributed by atoms with Gasteiger partial charge in [-0.25, -0.2) is 15.0 Å². The molecule has 0 atom stereocenters. The van der Waals surface area contributed by atoms with E-state index in [0.717, 1.165) is 77.6 Å². The van der Waals surface area contributed by atoms with Crippen molar-refractivity contribution in [1.82, 2.24) is 15.0 Å². The first-order chi connectivity index (χ1) is 32.2. The first kappa shape index (κ1) is 36.4. The SMILES string of the molecule is c1ccc(-c2nc(-c3ccc4c(c3)nc(-c3ccccc3)c3ccc5c(c34)-c3ccccc3C53c4ccccc4Sc4ccccc43)cc(-c3cccc4c3oc3ccccc34)n2)cc1. The molecule has 3 aromatic heterocycles. The van der Waals surface area contributed by atoms with Gasteiger partial charge in [0, 0.05) is 59.0 Å². The fourth-order valence-corrected chi connectivity index (χ4v) is 12.0. The van der Waals surface area contributed by atoms with Crippen molar-refractivity contribution in [1.29, 1.82) is 0 Å². The highest BCUT2D eigenvalue weighted by Crippen LogP contribution is 2.63. The number of para-hydroxylation sites is 2. The van der Waals surface area contributed by atoms with Crippen molar-refractivity contribution in [3.63, 3.8) is 0 Å². The number of furan rings is 1. The molecule has 0 amide bonds. The van der Waals surface area contributed by atoms with Gasteiger partial charge in [-0.15, -0.1) is 0 Å². The Morgan fingerprint density at radius 1 is 0.400 bits per heavy atom. The quantitative estimate of drug-likeness (QED) is 0.165. The van der Waals surface area contributed by atoms with Gasteiger partial charge >= 0.3 is 0 Å². The smallest absolute Gasteiger partial charge is 0.160 e. The third-order valence-corrected chi connectivity index (χ3v) is 14.7. The number of aromatic nitrogens is 3. The summed E-state index contributed by atoms with van der Waals surface area (Å²) in [5.74, 6) is 0.647. The zero-order chi connectivity index (χ0) is 42.6. The van der Waals surface area contributed by atoms with Crippen LogP contribution in [0, 0.1) is 0 Å². The van der Waals surface area contributed by atoms with Gasteiger partial charge in [0.25, 0.3) is 0 Å². The maximum absolute atomic E-state index is 6.55. The summed E-state index contributed by atoms with van der Waals surface area (Å²) in [5.41, 5.74) is 16.3. The third-order valence-electron chi connectivity index (χ3n) is 13.5. The van der Waals surface area contributed by atoms with Gasteiger partial charge in [-0.1, -0.05) is 188 Å². The van der Waals surface area contributed by atoms with E-state index in [1.54, 1.807) is 0 Å². The number of nitrogens with zero attached hydrogens (tertiary/aromatic N) is 3. The molecule has 5 heteroatoms. The normalized spacial score (nSPS) is 13.3. The first-order valence-corrected chi connectivity index (χ1v) is 22.8. The lowest BCUT2D eigenvalue weighted by molar-refractivity contribution is 0.670. The van der Waals surface area contributed by atoms with Crippen LogP contribution in [0.1, 0.15) is 22.3 Å². The highest BCUT2D eigenvalue weighted by molar-refractivity contribution is 7.99. The Labute approximate surface area is 378 Å². The third kappa shape index (κ3) is 5.24. The van der Waals surface area contributed by atoms with E-state index in [1.165, 1.54) is 48.6 Å². The first-order valence-electron chi connectivity index (χ1n) is 22.0. The Kier molecular flexibility index (Phi) is 7.80. The van der Waals surface area contributed by atoms with E-state index in [0.29, 0.717) is 5.82 Å². The molecule has 0 bridgehead atoms. The van der Waals surface area contributed by atoms with Crippen molar-refractivity contribution in [2.24, 2.45) is 0 Å². The van der Waals surface area contributed by atoms with E-state index < -0.39 is 5.41 Å². The maximum atomic E-state index is 6.55. The Morgan fingerprint density at radius 3 is 1.83 bits per heavy atom. The minimum absolute atomic E-state index is 0.491. The molecule has 0 radical (unpaired) electrons. The lowest BCUT2D eigenvalue weighted by Crippen LogP contribution is -2.31. The van der Waals surface area contributed by atoms with Crippen molar-refractivity contribution in [2.75, 3.05) is 0 Å². The van der Waals surface area contributed by atoms with E-state index in [2.05, 4.69) is 182 Å². The highest BCUT2D eigenvalue weighted by atomic mass is 32.2. The predicted molar refractivity (Wildman–Crippen MR) is 265 cm³/mol. The molecule has 0 saturated heterocycles. The van der Waals surface area contributed by atoms with Crippen LogP contribution in [-0.4, -0.2) is 15.0 Å². The molecule has 9 aromatic carbocycles. The number of pyridine rings is 1. The molecular weight excluding hydrogens is 811 g/mol. The average molecular weight is 846 g/mol. The minimum atomic E-state index is -0.491. The summed E-state index contributed by atoms with van der Waals surface area (Å²) in [5, 5.41) is 5.58. The fraction of sp³-hybridized carbons (Fsp3) is 0.0167. The molecule has 2 aliphatic rings. The number of hydrogen-bond donors (Lipinski definition) is 0. The van der Waals surface area contributed by atoms with Crippen molar-refractivity contribution < 1.29 is 4.42 Å². The maximum Gasteiger partial charge on any atom is 0.160 e. The van der Waals surface area contributed by atoms with Crippen LogP contribution in [0.25, 0.3) is 99.9 Å². The molecule has 1 spiro atoms. The number of hydrogen-bond acceptors (Lipinski definition) is 5. The van der Waals surface area contributed by atoms with Crippen LogP contribution in [-0.2, 0) is 5.41 Å². The van der Waals surface area contributed by atoms with Gasteiger partial charge < -0.3 is 4.42 Å². The lowest BCUT2D eigenvalue weighted by atomic mass is 9.67. The molecule has 0 saturated carbocycles. The monoisotopic (exact) mass is 845 g/mol. The van der Waals surface area contributed by atoms with E-state index >= 15 is 0 Å². The molecule has 0 fully saturated rings. The predicted octanol–water partition coefficient (Wildman–Crippen LogP) is 15.6. The molecule has 0 N–H and O–H groups in total. The van der Waals surface area contributed by atoms with Crippen LogP contribution in [0.4, 0.5) is 0 Å². The minimum Gasteiger partial charge on any atom is -0.455 e. The molecule has 4 nitrogen and oxygen atoms in total. The highest BCUT2D eigenvalue weighted by Gasteiger charge is 2.50. The zero-order valence-corrected chi connectivity index (χ0v) is 35.7. The van der Waals surface area contributed by atoms with E-state index in [-0.39, 0.29) is 0 Å². The summed E-state index contributed by atoms with van der Waals surface area (Å²) < 4.78 is 6.55. The van der Waals surface area contributed by atoms with Gasteiger partial charge in [0.15, 0.2) is 5.82 Å². The molecular formula is C60H35N3OS. The van der Waals surface area contributed by atoms with Gasteiger partial charge in [0.2, 0.25) is 0 Å². The summed E-state index contributed by atoms with van der Waals surface area (Å²) in [6.45, 7) is 0. The summed E-state index contributed by atoms with van der Waals surface area (Å²) in [7, 11) is 0. The van der Waals surface area contributed by atoms with Gasteiger partial charge in [-0.3, -0.25) is 0 Å². The molecule has 1 aliphatic carbocycles. The van der Waals surface area contributed by atoms with E-state index in [1.807, 2.05) is 42.1 Å². The molecule has 12 aromatic rings.